The number of nitrogens with zero attached hydrogens (tertiary/aromatic N) is 3. The first-order chi connectivity index (χ1) is 11.2. The summed E-state index contributed by atoms with van der Waals surface area (Å²) in [5.41, 5.74) is 1.02. The smallest absolute Gasteiger partial charge is 0.234 e. The van der Waals surface area contributed by atoms with Gasteiger partial charge in [-0.2, -0.15) is 0 Å². The number of halogens is 1. The number of nitrogens with one attached hydrogen (secondary N) is 1. The van der Waals surface area contributed by atoms with E-state index in [1.807, 2.05) is 6.07 Å². The van der Waals surface area contributed by atoms with E-state index in [1.54, 1.807) is 12.4 Å². The van der Waals surface area contributed by atoms with Crippen LogP contribution < -0.4 is 10.2 Å². The molecule has 2 aliphatic rings. The standard InChI is InChI=1S/C16H23ClN4O2/c17-14-11-18-4-1-15(14)21-7-5-20(6-8-21)12-16(22)19-13-2-9-23-10-3-13/h1,4,11,13H,2-3,5-10,12H2,(H,19,22). The van der Waals surface area contributed by atoms with Gasteiger partial charge in [0.2, 0.25) is 5.91 Å². The number of rotatable bonds is 4. The van der Waals surface area contributed by atoms with Crippen LogP contribution in [0.4, 0.5) is 5.69 Å². The van der Waals surface area contributed by atoms with E-state index in [1.165, 1.54) is 0 Å². The summed E-state index contributed by atoms with van der Waals surface area (Å²) < 4.78 is 5.31. The van der Waals surface area contributed by atoms with Crippen molar-refractivity contribution in [1.82, 2.24) is 15.2 Å². The van der Waals surface area contributed by atoms with E-state index in [9.17, 15) is 4.79 Å². The highest BCUT2D eigenvalue weighted by molar-refractivity contribution is 6.33. The number of carbonyl (C=O) groups is 1. The molecule has 2 aliphatic heterocycles. The van der Waals surface area contributed by atoms with Crippen molar-refractivity contribution in [3.63, 3.8) is 0 Å². The Morgan fingerprint density at radius 2 is 2.04 bits per heavy atom. The molecule has 0 aliphatic carbocycles. The minimum absolute atomic E-state index is 0.118. The molecule has 126 valence electrons. The Morgan fingerprint density at radius 1 is 1.30 bits per heavy atom. The molecular formula is C16H23ClN4O2. The number of ether oxygens (including phenoxy) is 1. The Labute approximate surface area is 141 Å². The fourth-order valence-corrected chi connectivity index (χ4v) is 3.33. The molecule has 0 aromatic carbocycles. The second kappa shape index (κ2) is 7.95. The maximum absolute atomic E-state index is 12.1. The van der Waals surface area contributed by atoms with E-state index < -0.39 is 0 Å². The molecule has 0 saturated carbocycles. The minimum Gasteiger partial charge on any atom is -0.381 e. The fourth-order valence-electron chi connectivity index (χ4n) is 3.09. The number of amides is 1. The molecule has 1 aromatic rings. The molecule has 0 radical (unpaired) electrons. The van der Waals surface area contributed by atoms with Gasteiger partial charge in [0.05, 0.1) is 17.3 Å². The third-order valence-electron chi connectivity index (χ3n) is 4.42. The van der Waals surface area contributed by atoms with Gasteiger partial charge < -0.3 is 15.0 Å². The van der Waals surface area contributed by atoms with Crippen molar-refractivity contribution in [2.75, 3.05) is 50.8 Å². The minimum atomic E-state index is 0.118. The fraction of sp³-hybridized carbons (Fsp3) is 0.625. The summed E-state index contributed by atoms with van der Waals surface area (Å²) in [7, 11) is 0. The van der Waals surface area contributed by atoms with Gasteiger partial charge in [0.1, 0.15) is 0 Å². The van der Waals surface area contributed by atoms with E-state index >= 15 is 0 Å². The van der Waals surface area contributed by atoms with Crippen molar-refractivity contribution in [2.24, 2.45) is 0 Å². The number of anilines is 1. The van der Waals surface area contributed by atoms with Crippen LogP contribution in [0.15, 0.2) is 18.5 Å². The van der Waals surface area contributed by atoms with Crippen LogP contribution in [0.5, 0.6) is 0 Å². The van der Waals surface area contributed by atoms with Crippen LogP contribution in [0.25, 0.3) is 0 Å². The first-order valence-corrected chi connectivity index (χ1v) is 8.54. The van der Waals surface area contributed by atoms with Gasteiger partial charge in [-0.1, -0.05) is 11.6 Å². The number of piperazine rings is 1. The van der Waals surface area contributed by atoms with E-state index in [0.717, 1.165) is 57.9 Å². The Hall–Kier alpha value is -1.37. The molecule has 1 N–H and O–H groups in total. The van der Waals surface area contributed by atoms with Crippen molar-refractivity contribution < 1.29 is 9.53 Å². The number of pyridine rings is 1. The summed E-state index contributed by atoms with van der Waals surface area (Å²) in [6, 6.07) is 2.21. The maximum Gasteiger partial charge on any atom is 0.234 e. The summed E-state index contributed by atoms with van der Waals surface area (Å²) >= 11 is 6.19. The van der Waals surface area contributed by atoms with Crippen LogP contribution in [0.1, 0.15) is 12.8 Å². The predicted molar refractivity (Wildman–Crippen MR) is 89.9 cm³/mol. The summed E-state index contributed by atoms with van der Waals surface area (Å²) in [5, 5.41) is 3.79. The molecule has 6 nitrogen and oxygen atoms in total. The lowest BCUT2D eigenvalue weighted by molar-refractivity contribution is -0.123. The molecule has 23 heavy (non-hydrogen) atoms. The molecule has 7 heteroatoms. The highest BCUT2D eigenvalue weighted by Gasteiger charge is 2.22. The van der Waals surface area contributed by atoms with Gasteiger partial charge >= 0.3 is 0 Å². The highest BCUT2D eigenvalue weighted by Crippen LogP contribution is 2.24. The average Bonchev–Trinajstić information content (AvgIpc) is 2.57. The molecule has 2 fully saturated rings. The van der Waals surface area contributed by atoms with Crippen LogP contribution in [-0.2, 0) is 9.53 Å². The van der Waals surface area contributed by atoms with Crippen molar-refractivity contribution >= 4 is 23.2 Å². The van der Waals surface area contributed by atoms with Crippen molar-refractivity contribution in [3.05, 3.63) is 23.5 Å². The third-order valence-corrected chi connectivity index (χ3v) is 4.71. The van der Waals surface area contributed by atoms with Gasteiger partial charge in [0.25, 0.3) is 0 Å². The molecular weight excluding hydrogens is 316 g/mol. The van der Waals surface area contributed by atoms with Crippen molar-refractivity contribution in [1.29, 1.82) is 0 Å². The monoisotopic (exact) mass is 338 g/mol. The predicted octanol–water partition coefficient (Wildman–Crippen LogP) is 1.15. The molecule has 0 unspecified atom stereocenters. The molecule has 2 saturated heterocycles. The topological polar surface area (TPSA) is 57.7 Å². The zero-order valence-electron chi connectivity index (χ0n) is 13.2. The summed E-state index contributed by atoms with van der Waals surface area (Å²) in [4.78, 5) is 20.6. The quantitative estimate of drug-likeness (QED) is 0.892. The van der Waals surface area contributed by atoms with Gasteiger partial charge in [-0.15, -0.1) is 0 Å². The van der Waals surface area contributed by atoms with Crippen LogP contribution >= 0.6 is 11.6 Å². The zero-order valence-corrected chi connectivity index (χ0v) is 14.0. The summed E-state index contributed by atoms with van der Waals surface area (Å²) in [6.07, 6.45) is 5.26. The van der Waals surface area contributed by atoms with Gasteiger partial charge in [0, 0.05) is 57.8 Å². The average molecular weight is 339 g/mol. The Balaban J connectivity index is 1.44. The Bertz CT molecular complexity index is 529. The van der Waals surface area contributed by atoms with Gasteiger partial charge in [-0.3, -0.25) is 14.7 Å². The van der Waals surface area contributed by atoms with Crippen molar-refractivity contribution in [2.45, 2.75) is 18.9 Å². The van der Waals surface area contributed by atoms with E-state index in [4.69, 9.17) is 16.3 Å². The molecule has 1 amide bonds. The lowest BCUT2D eigenvalue weighted by atomic mass is 10.1. The first kappa shape index (κ1) is 16.5. The number of hydrogen-bond donors (Lipinski definition) is 1. The summed E-state index contributed by atoms with van der Waals surface area (Å²) in [6.45, 7) is 5.42. The van der Waals surface area contributed by atoms with Crippen LogP contribution in [0, 0.1) is 0 Å². The van der Waals surface area contributed by atoms with E-state index in [0.29, 0.717) is 11.6 Å². The molecule has 3 heterocycles. The van der Waals surface area contributed by atoms with Gasteiger partial charge in [-0.25, -0.2) is 0 Å². The maximum atomic E-state index is 12.1. The molecule has 1 aromatic heterocycles. The second-order valence-corrected chi connectivity index (χ2v) is 6.45. The number of carbonyl (C=O) groups excluding carboxylic acids is 1. The second-order valence-electron chi connectivity index (χ2n) is 6.04. The number of aromatic nitrogens is 1. The molecule has 0 bridgehead atoms. The lowest BCUT2D eigenvalue weighted by Gasteiger charge is -2.36. The zero-order chi connectivity index (χ0) is 16.1. The van der Waals surface area contributed by atoms with Gasteiger partial charge in [0.15, 0.2) is 0 Å². The lowest BCUT2D eigenvalue weighted by Crippen LogP contribution is -2.51. The third kappa shape index (κ3) is 4.56. The van der Waals surface area contributed by atoms with Crippen LogP contribution in [0.2, 0.25) is 5.02 Å². The normalized spacial score (nSPS) is 20.5. The molecule has 0 atom stereocenters. The number of hydrogen-bond acceptors (Lipinski definition) is 5. The molecule has 0 spiro atoms. The van der Waals surface area contributed by atoms with Crippen LogP contribution in [-0.4, -0.2) is 67.8 Å². The van der Waals surface area contributed by atoms with E-state index in [2.05, 4.69) is 20.1 Å². The van der Waals surface area contributed by atoms with Gasteiger partial charge in [-0.05, 0) is 18.9 Å². The summed E-state index contributed by atoms with van der Waals surface area (Å²) in [5.74, 6) is 0.118. The van der Waals surface area contributed by atoms with Crippen molar-refractivity contribution in [3.8, 4) is 0 Å². The Morgan fingerprint density at radius 3 is 2.74 bits per heavy atom. The largest absolute Gasteiger partial charge is 0.381 e. The van der Waals surface area contributed by atoms with Crippen LogP contribution in [0.3, 0.4) is 0 Å². The Kier molecular flexibility index (Phi) is 5.70. The SMILES string of the molecule is O=C(CN1CCN(c2ccncc2Cl)CC1)NC1CCOCC1. The first-order valence-electron chi connectivity index (χ1n) is 8.16. The highest BCUT2D eigenvalue weighted by atomic mass is 35.5. The van der Waals surface area contributed by atoms with E-state index in [-0.39, 0.29) is 11.9 Å². The molecule has 3 rings (SSSR count).